The normalized spacial score (nSPS) is 12.3. The average molecular weight is 209 g/mol. The van der Waals surface area contributed by atoms with Crippen LogP contribution >= 0.6 is 0 Å². The van der Waals surface area contributed by atoms with Crippen molar-refractivity contribution in [2.24, 2.45) is 0 Å². The van der Waals surface area contributed by atoms with Crippen molar-refractivity contribution in [1.29, 1.82) is 0 Å². The smallest absolute Gasteiger partial charge is 0.326 e. The fourth-order valence-electron chi connectivity index (χ4n) is 1.21. The average Bonchev–Trinajstić information content (AvgIpc) is 2.19. The van der Waals surface area contributed by atoms with Gasteiger partial charge >= 0.3 is 5.97 Å². The highest BCUT2D eigenvalue weighted by Gasteiger charge is 2.20. The number of aliphatic carboxylic acids is 1. The molecule has 0 amide bonds. The molecule has 0 aliphatic carbocycles. The van der Waals surface area contributed by atoms with Gasteiger partial charge in [-0.1, -0.05) is 0 Å². The second kappa shape index (κ2) is 4.25. The molecule has 1 N–H and O–H groups in total. The van der Waals surface area contributed by atoms with Crippen molar-refractivity contribution < 1.29 is 9.90 Å². The highest BCUT2D eigenvalue weighted by atomic mass is 16.4. The number of anilines is 1. The van der Waals surface area contributed by atoms with Gasteiger partial charge in [-0.15, -0.1) is 0 Å². The van der Waals surface area contributed by atoms with Crippen LogP contribution in [-0.4, -0.2) is 34.1 Å². The summed E-state index contributed by atoms with van der Waals surface area (Å²) in [7, 11) is 1.70. The lowest BCUT2D eigenvalue weighted by Crippen LogP contribution is -2.37. The minimum atomic E-state index is -0.875. The van der Waals surface area contributed by atoms with E-state index in [1.54, 1.807) is 25.1 Å². The van der Waals surface area contributed by atoms with E-state index in [4.69, 9.17) is 5.11 Å². The molecule has 0 bridgehead atoms. The first-order valence-corrected chi connectivity index (χ1v) is 4.69. The Morgan fingerprint density at radius 3 is 2.67 bits per heavy atom. The summed E-state index contributed by atoms with van der Waals surface area (Å²) >= 11 is 0. The summed E-state index contributed by atoms with van der Waals surface area (Å²) in [5, 5.41) is 8.88. The maximum atomic E-state index is 10.8. The molecule has 82 valence electrons. The summed E-state index contributed by atoms with van der Waals surface area (Å²) in [6.07, 6.45) is 1.66. The predicted octanol–water partition coefficient (Wildman–Crippen LogP) is 1.00. The molecule has 0 saturated heterocycles. The number of hydrogen-bond acceptors (Lipinski definition) is 4. The number of aryl methyl sites for hydroxylation is 2. The van der Waals surface area contributed by atoms with Gasteiger partial charge in [0.15, 0.2) is 5.82 Å². The van der Waals surface area contributed by atoms with E-state index in [9.17, 15) is 4.79 Å². The van der Waals surface area contributed by atoms with Crippen LogP contribution in [0.5, 0.6) is 0 Å². The molecule has 0 fully saturated rings. The third-order valence-electron chi connectivity index (χ3n) is 2.32. The van der Waals surface area contributed by atoms with Crippen LogP contribution in [-0.2, 0) is 4.79 Å². The fraction of sp³-hybridized carbons (Fsp3) is 0.500. The van der Waals surface area contributed by atoms with Crippen molar-refractivity contribution in [3.8, 4) is 0 Å². The Morgan fingerprint density at radius 2 is 2.13 bits per heavy atom. The van der Waals surface area contributed by atoms with Crippen LogP contribution in [0, 0.1) is 13.8 Å². The molecule has 1 atom stereocenters. The van der Waals surface area contributed by atoms with Crippen LogP contribution in [0.1, 0.15) is 18.3 Å². The van der Waals surface area contributed by atoms with Crippen LogP contribution in [0.15, 0.2) is 6.20 Å². The molecular weight excluding hydrogens is 194 g/mol. The number of carboxylic acids is 1. The SMILES string of the molecule is Cc1cnc(C)c(N(C)C(C)C(=O)O)n1. The Kier molecular flexibility index (Phi) is 3.24. The Labute approximate surface area is 88.8 Å². The van der Waals surface area contributed by atoms with E-state index in [2.05, 4.69) is 9.97 Å². The van der Waals surface area contributed by atoms with Gasteiger partial charge in [0.1, 0.15) is 6.04 Å². The highest BCUT2D eigenvalue weighted by Crippen LogP contribution is 2.15. The second-order valence-electron chi connectivity index (χ2n) is 3.55. The molecule has 1 rings (SSSR count). The van der Waals surface area contributed by atoms with Gasteiger partial charge in [0.25, 0.3) is 0 Å². The summed E-state index contributed by atoms with van der Waals surface area (Å²) in [5.74, 6) is -0.259. The minimum absolute atomic E-state index is 0.611. The molecule has 15 heavy (non-hydrogen) atoms. The summed E-state index contributed by atoms with van der Waals surface area (Å²) in [5.41, 5.74) is 1.51. The number of carbonyl (C=O) groups is 1. The van der Waals surface area contributed by atoms with Crippen molar-refractivity contribution in [3.63, 3.8) is 0 Å². The van der Waals surface area contributed by atoms with Gasteiger partial charge in [-0.25, -0.2) is 9.78 Å². The second-order valence-corrected chi connectivity index (χ2v) is 3.55. The van der Waals surface area contributed by atoms with Gasteiger partial charge in [0, 0.05) is 13.2 Å². The predicted molar refractivity (Wildman–Crippen MR) is 57.0 cm³/mol. The Bertz CT molecular complexity index is 379. The largest absolute Gasteiger partial charge is 0.480 e. The maximum Gasteiger partial charge on any atom is 0.326 e. The van der Waals surface area contributed by atoms with Crippen LogP contribution in [0.4, 0.5) is 5.82 Å². The summed E-state index contributed by atoms with van der Waals surface area (Å²) in [6, 6.07) is -0.611. The minimum Gasteiger partial charge on any atom is -0.480 e. The third-order valence-corrected chi connectivity index (χ3v) is 2.32. The number of rotatable bonds is 3. The van der Waals surface area contributed by atoms with Crippen LogP contribution < -0.4 is 4.90 Å². The molecule has 5 heteroatoms. The first-order valence-electron chi connectivity index (χ1n) is 4.69. The topological polar surface area (TPSA) is 66.3 Å². The van der Waals surface area contributed by atoms with E-state index in [1.807, 2.05) is 13.8 Å². The zero-order valence-corrected chi connectivity index (χ0v) is 9.35. The van der Waals surface area contributed by atoms with Crippen LogP contribution in [0.25, 0.3) is 0 Å². The number of aromatic nitrogens is 2. The van der Waals surface area contributed by atoms with Crippen LogP contribution in [0.2, 0.25) is 0 Å². The van der Waals surface area contributed by atoms with Gasteiger partial charge < -0.3 is 10.0 Å². The van der Waals surface area contributed by atoms with E-state index < -0.39 is 12.0 Å². The van der Waals surface area contributed by atoms with Gasteiger partial charge in [-0.2, -0.15) is 0 Å². The van der Waals surface area contributed by atoms with Gasteiger partial charge in [0.05, 0.1) is 11.4 Å². The summed E-state index contributed by atoms with van der Waals surface area (Å²) in [4.78, 5) is 20.8. The molecule has 0 aliphatic heterocycles. The Balaban J connectivity index is 3.04. The number of likely N-dealkylation sites (N-methyl/N-ethyl adjacent to an activating group) is 1. The Hall–Kier alpha value is -1.65. The molecular formula is C10H15N3O2. The highest BCUT2D eigenvalue weighted by molar-refractivity contribution is 5.77. The number of nitrogens with zero attached hydrogens (tertiary/aromatic N) is 3. The molecule has 0 aliphatic rings. The number of hydrogen-bond donors (Lipinski definition) is 1. The summed E-state index contributed by atoms with van der Waals surface area (Å²) < 4.78 is 0. The molecule has 1 aromatic heterocycles. The van der Waals surface area contributed by atoms with Crippen molar-refractivity contribution >= 4 is 11.8 Å². The zero-order valence-electron chi connectivity index (χ0n) is 9.35. The molecule has 0 radical (unpaired) electrons. The molecule has 0 aromatic carbocycles. The van der Waals surface area contributed by atoms with Crippen molar-refractivity contribution in [1.82, 2.24) is 9.97 Å². The number of carboxylic acid groups (broad SMARTS) is 1. The molecule has 1 unspecified atom stereocenters. The van der Waals surface area contributed by atoms with Gasteiger partial charge in [-0.05, 0) is 20.8 Å². The summed E-state index contributed by atoms with van der Waals surface area (Å²) in [6.45, 7) is 5.26. The van der Waals surface area contributed by atoms with Crippen molar-refractivity contribution in [2.45, 2.75) is 26.8 Å². The van der Waals surface area contributed by atoms with Crippen molar-refractivity contribution in [3.05, 3.63) is 17.6 Å². The fourth-order valence-corrected chi connectivity index (χ4v) is 1.21. The lowest BCUT2D eigenvalue weighted by Gasteiger charge is -2.23. The van der Waals surface area contributed by atoms with E-state index in [0.717, 1.165) is 11.4 Å². The lowest BCUT2D eigenvalue weighted by molar-refractivity contribution is -0.138. The Morgan fingerprint density at radius 1 is 1.53 bits per heavy atom. The molecule has 1 heterocycles. The van der Waals surface area contributed by atoms with Crippen molar-refractivity contribution in [2.75, 3.05) is 11.9 Å². The van der Waals surface area contributed by atoms with E-state index in [1.165, 1.54) is 0 Å². The molecule has 0 saturated carbocycles. The maximum absolute atomic E-state index is 10.8. The van der Waals surface area contributed by atoms with E-state index in [0.29, 0.717) is 5.82 Å². The van der Waals surface area contributed by atoms with Gasteiger partial charge in [-0.3, -0.25) is 4.98 Å². The van der Waals surface area contributed by atoms with Crippen LogP contribution in [0.3, 0.4) is 0 Å². The van der Waals surface area contributed by atoms with E-state index >= 15 is 0 Å². The molecule has 5 nitrogen and oxygen atoms in total. The quantitative estimate of drug-likeness (QED) is 0.804. The third kappa shape index (κ3) is 2.43. The molecule has 0 spiro atoms. The zero-order chi connectivity index (χ0) is 11.6. The lowest BCUT2D eigenvalue weighted by atomic mass is 10.3. The standard InChI is InChI=1S/C10H15N3O2/c1-6-5-11-7(2)9(12-6)13(4)8(3)10(14)15/h5,8H,1-4H3,(H,14,15). The first kappa shape index (κ1) is 11.4. The van der Waals surface area contributed by atoms with E-state index in [-0.39, 0.29) is 0 Å². The van der Waals surface area contributed by atoms with Gasteiger partial charge in [0.2, 0.25) is 0 Å². The monoisotopic (exact) mass is 209 g/mol. The first-order chi connectivity index (χ1) is 6.93. The molecule has 1 aromatic rings.